The average molecular weight is 240 g/mol. The summed E-state index contributed by atoms with van der Waals surface area (Å²) in [6.45, 7) is 5.85. The minimum absolute atomic E-state index is 0.395. The maximum Gasteiger partial charge on any atom is 0.347 e. The zero-order valence-electron chi connectivity index (χ0n) is 9.56. The second-order valence-electron chi connectivity index (χ2n) is 3.96. The molecular weight excluding hydrogens is 224 g/mol. The molecule has 1 aliphatic rings. The monoisotopic (exact) mass is 240 g/mol. The molecule has 0 unspecified atom stereocenters. The van der Waals surface area contributed by atoms with Crippen LogP contribution in [0.2, 0.25) is 0 Å². The molecule has 0 amide bonds. The van der Waals surface area contributed by atoms with E-state index >= 15 is 0 Å². The van der Waals surface area contributed by atoms with Crippen molar-refractivity contribution in [3.05, 3.63) is 10.6 Å². The fourth-order valence-electron chi connectivity index (χ4n) is 1.74. The molecule has 1 aromatic heterocycles. The molecule has 16 heavy (non-hydrogen) atoms. The predicted molar refractivity (Wildman–Crippen MR) is 64.6 cm³/mol. The van der Waals surface area contributed by atoms with Crippen LogP contribution in [0.5, 0.6) is 0 Å². The summed E-state index contributed by atoms with van der Waals surface area (Å²) in [6, 6.07) is 0. The summed E-state index contributed by atoms with van der Waals surface area (Å²) in [6.07, 6.45) is 2.17. The van der Waals surface area contributed by atoms with E-state index in [1.54, 1.807) is 0 Å². The van der Waals surface area contributed by atoms with Gasteiger partial charge in [-0.15, -0.1) is 0 Å². The van der Waals surface area contributed by atoms with E-state index in [1.165, 1.54) is 11.3 Å². The van der Waals surface area contributed by atoms with Gasteiger partial charge in [0.15, 0.2) is 5.13 Å². The van der Waals surface area contributed by atoms with Crippen LogP contribution >= 0.6 is 11.3 Å². The summed E-state index contributed by atoms with van der Waals surface area (Å²) < 4.78 is 0. The number of hydrogen-bond acceptors (Lipinski definition) is 4. The van der Waals surface area contributed by atoms with E-state index in [4.69, 9.17) is 5.11 Å². The molecule has 0 radical (unpaired) electrons. The van der Waals surface area contributed by atoms with Gasteiger partial charge >= 0.3 is 5.97 Å². The van der Waals surface area contributed by atoms with Gasteiger partial charge in [0.1, 0.15) is 4.88 Å². The Kier molecular flexibility index (Phi) is 3.14. The van der Waals surface area contributed by atoms with Gasteiger partial charge in [-0.1, -0.05) is 11.3 Å². The Bertz CT molecular complexity index is 395. The van der Waals surface area contributed by atoms with Gasteiger partial charge in [0.2, 0.25) is 0 Å². The first-order valence-corrected chi connectivity index (χ1v) is 6.48. The number of aromatic carboxylic acids is 1. The van der Waals surface area contributed by atoms with Crippen LogP contribution in [0.4, 0.5) is 5.13 Å². The van der Waals surface area contributed by atoms with Crippen LogP contribution in [0.15, 0.2) is 0 Å². The molecule has 2 rings (SSSR count). The number of aromatic nitrogens is 1. The van der Waals surface area contributed by atoms with Crippen LogP contribution in [0.25, 0.3) is 0 Å². The molecule has 0 atom stereocenters. The second kappa shape index (κ2) is 4.41. The van der Waals surface area contributed by atoms with E-state index < -0.39 is 5.97 Å². The van der Waals surface area contributed by atoms with Gasteiger partial charge in [-0.3, -0.25) is 0 Å². The first-order chi connectivity index (χ1) is 7.67. The first kappa shape index (κ1) is 11.4. The molecule has 1 saturated carbocycles. The van der Waals surface area contributed by atoms with Crippen molar-refractivity contribution in [2.45, 2.75) is 32.6 Å². The molecule has 1 heterocycles. The van der Waals surface area contributed by atoms with Crippen LogP contribution in [-0.2, 0) is 0 Å². The number of rotatable bonds is 5. The van der Waals surface area contributed by atoms with E-state index in [0.717, 1.165) is 36.8 Å². The lowest BCUT2D eigenvalue weighted by atomic mass is 10.2. The Morgan fingerprint density at radius 2 is 2.12 bits per heavy atom. The quantitative estimate of drug-likeness (QED) is 0.859. The lowest BCUT2D eigenvalue weighted by molar-refractivity contribution is 0.0700. The van der Waals surface area contributed by atoms with E-state index in [1.807, 2.05) is 0 Å². The van der Waals surface area contributed by atoms with Gasteiger partial charge in [-0.2, -0.15) is 0 Å². The van der Waals surface area contributed by atoms with Crippen molar-refractivity contribution in [1.29, 1.82) is 0 Å². The van der Waals surface area contributed by atoms with E-state index in [0.29, 0.717) is 10.8 Å². The van der Waals surface area contributed by atoms with E-state index in [9.17, 15) is 4.79 Å². The third-order valence-corrected chi connectivity index (χ3v) is 3.95. The Hall–Kier alpha value is -1.10. The lowest BCUT2D eigenvalue weighted by Crippen LogP contribution is -2.21. The Labute approximate surface area is 98.9 Å². The smallest absolute Gasteiger partial charge is 0.347 e. The van der Waals surface area contributed by atoms with Crippen molar-refractivity contribution in [2.24, 2.45) is 0 Å². The molecule has 0 saturated heterocycles. The van der Waals surface area contributed by atoms with Crippen molar-refractivity contribution in [3.8, 4) is 0 Å². The fourth-order valence-corrected chi connectivity index (χ4v) is 2.85. The lowest BCUT2D eigenvalue weighted by Gasteiger charge is -2.16. The van der Waals surface area contributed by atoms with Gasteiger partial charge < -0.3 is 10.0 Å². The number of anilines is 1. The first-order valence-electron chi connectivity index (χ1n) is 5.66. The molecule has 1 fully saturated rings. The molecular formula is C11H16N2O2S. The summed E-state index contributed by atoms with van der Waals surface area (Å²) in [5.74, 6) is -0.440. The minimum Gasteiger partial charge on any atom is -0.477 e. The molecule has 0 bridgehead atoms. The SMILES string of the molecule is CCN(CC)c1nc(C2CC2)c(C(=O)O)s1. The standard InChI is InChI=1S/C11H16N2O2S/c1-3-13(4-2)11-12-8(7-5-6-7)9(16-11)10(14)15/h7H,3-6H2,1-2H3,(H,14,15). The van der Waals surface area contributed by atoms with Crippen molar-refractivity contribution in [1.82, 2.24) is 4.98 Å². The normalized spacial score (nSPS) is 15.1. The zero-order valence-corrected chi connectivity index (χ0v) is 10.4. The van der Waals surface area contributed by atoms with E-state index in [2.05, 4.69) is 23.7 Å². The van der Waals surface area contributed by atoms with Crippen molar-refractivity contribution in [3.63, 3.8) is 0 Å². The largest absolute Gasteiger partial charge is 0.477 e. The number of carbonyl (C=O) groups is 1. The molecule has 0 spiro atoms. The zero-order chi connectivity index (χ0) is 11.7. The van der Waals surface area contributed by atoms with Crippen molar-refractivity contribution < 1.29 is 9.90 Å². The van der Waals surface area contributed by atoms with Gasteiger partial charge in [0.25, 0.3) is 0 Å². The van der Waals surface area contributed by atoms with Crippen LogP contribution < -0.4 is 4.90 Å². The highest BCUT2D eigenvalue weighted by molar-refractivity contribution is 7.17. The van der Waals surface area contributed by atoms with Crippen LogP contribution in [-0.4, -0.2) is 29.1 Å². The van der Waals surface area contributed by atoms with Crippen molar-refractivity contribution in [2.75, 3.05) is 18.0 Å². The molecule has 5 heteroatoms. The minimum atomic E-state index is -0.835. The summed E-state index contributed by atoms with van der Waals surface area (Å²) in [4.78, 5) is 18.2. The number of thiazole rings is 1. The number of carboxylic acids is 1. The number of nitrogens with zero attached hydrogens (tertiary/aromatic N) is 2. The van der Waals surface area contributed by atoms with Crippen LogP contribution in [0.3, 0.4) is 0 Å². The summed E-state index contributed by atoms with van der Waals surface area (Å²) in [7, 11) is 0. The number of carboxylic acid groups (broad SMARTS) is 1. The van der Waals surface area contributed by atoms with E-state index in [-0.39, 0.29) is 0 Å². The summed E-state index contributed by atoms with van der Waals surface area (Å²) in [5.41, 5.74) is 0.805. The Balaban J connectivity index is 2.33. The Morgan fingerprint density at radius 3 is 2.56 bits per heavy atom. The van der Waals surface area contributed by atoms with Crippen LogP contribution in [0, 0.1) is 0 Å². The highest BCUT2D eigenvalue weighted by Gasteiger charge is 2.32. The highest BCUT2D eigenvalue weighted by Crippen LogP contribution is 2.44. The van der Waals surface area contributed by atoms with Crippen LogP contribution in [0.1, 0.15) is 48.0 Å². The molecule has 0 aromatic carbocycles. The van der Waals surface area contributed by atoms with Gasteiger partial charge in [0.05, 0.1) is 5.69 Å². The molecule has 1 aliphatic carbocycles. The molecule has 4 nitrogen and oxygen atoms in total. The maximum absolute atomic E-state index is 11.1. The topological polar surface area (TPSA) is 53.4 Å². The maximum atomic E-state index is 11.1. The molecule has 0 aliphatic heterocycles. The molecule has 1 N–H and O–H groups in total. The number of hydrogen-bond donors (Lipinski definition) is 1. The second-order valence-corrected chi connectivity index (χ2v) is 4.94. The molecule has 88 valence electrons. The third-order valence-electron chi connectivity index (χ3n) is 2.83. The molecule has 1 aromatic rings. The van der Waals surface area contributed by atoms with Gasteiger partial charge in [-0.05, 0) is 26.7 Å². The predicted octanol–water partition coefficient (Wildman–Crippen LogP) is 2.56. The average Bonchev–Trinajstić information content (AvgIpc) is 3.01. The summed E-state index contributed by atoms with van der Waals surface area (Å²) >= 11 is 1.31. The van der Waals surface area contributed by atoms with Crippen molar-refractivity contribution >= 4 is 22.4 Å². The van der Waals surface area contributed by atoms with Gasteiger partial charge in [-0.25, -0.2) is 9.78 Å². The highest BCUT2D eigenvalue weighted by atomic mass is 32.1. The Morgan fingerprint density at radius 1 is 1.50 bits per heavy atom. The summed E-state index contributed by atoms with van der Waals surface area (Å²) in [5, 5.41) is 9.99. The fraction of sp³-hybridized carbons (Fsp3) is 0.636. The third kappa shape index (κ3) is 2.04. The van der Waals surface area contributed by atoms with Gasteiger partial charge in [0, 0.05) is 19.0 Å².